The van der Waals surface area contributed by atoms with Crippen molar-refractivity contribution >= 4 is 31.9 Å². The van der Waals surface area contributed by atoms with Gasteiger partial charge in [-0.2, -0.15) is 8.42 Å². The van der Waals surface area contributed by atoms with Gasteiger partial charge in [-0.25, -0.2) is 0 Å². The maximum Gasteiger partial charge on any atom is 0.264 e. The second-order valence-electron chi connectivity index (χ2n) is 7.21. The van der Waals surface area contributed by atoms with Crippen LogP contribution in [0.15, 0.2) is 42.6 Å². The molecule has 4 rings (SSSR count). The number of nitrogens with one attached hydrogen (secondary N) is 1. The van der Waals surface area contributed by atoms with Gasteiger partial charge < -0.3 is 14.3 Å². The minimum absolute atomic E-state index is 0.0485. The van der Waals surface area contributed by atoms with Gasteiger partial charge in [0.05, 0.1) is 36.7 Å². The molecule has 2 heterocycles. The van der Waals surface area contributed by atoms with Crippen molar-refractivity contribution in [3.05, 3.63) is 53.7 Å². The number of hydrogen-bond acceptors (Lipinski definition) is 4. The Kier molecular flexibility index (Phi) is 9.14. The molecule has 4 aromatic rings. The molecule has 0 fully saturated rings. The number of nitrogens with zero attached hydrogens (tertiary/aromatic N) is 1. The van der Waals surface area contributed by atoms with Crippen LogP contribution in [-0.4, -0.2) is 37.9 Å². The molecule has 0 unspecified atom stereocenters. The third kappa shape index (κ3) is 5.42. The third-order valence-electron chi connectivity index (χ3n) is 5.29. The number of H-pyrrole nitrogens is 1. The highest BCUT2D eigenvalue weighted by Gasteiger charge is 2.22. The maximum absolute atomic E-state index is 11.5. The fourth-order valence-electron chi connectivity index (χ4n) is 4.08. The van der Waals surface area contributed by atoms with E-state index in [9.17, 15) is 8.42 Å². The first-order valence-corrected chi connectivity index (χ1v) is 13.2. The van der Waals surface area contributed by atoms with Crippen molar-refractivity contribution in [3.63, 3.8) is 0 Å². The zero-order valence-electron chi connectivity index (χ0n) is 20.9. The Labute approximate surface area is 197 Å². The second-order valence-corrected chi connectivity index (χ2v) is 8.85. The molecule has 0 saturated carbocycles. The van der Waals surface area contributed by atoms with Gasteiger partial charge in [0.15, 0.2) is 0 Å². The van der Waals surface area contributed by atoms with E-state index in [1.807, 2.05) is 59.0 Å². The lowest BCUT2D eigenvalue weighted by atomic mass is 10.0. The summed E-state index contributed by atoms with van der Waals surface area (Å²) in [6.07, 6.45) is 2.99. The molecule has 6 nitrogen and oxygen atoms in total. The molecule has 1 N–H and O–H groups in total. The largest absolute Gasteiger partial charge is 0.494 e. The molecule has 0 atom stereocenters. The SMILES string of the molecule is CC.CC.COc1c(C)ccc2c(C)c(-c3cccc4cc[nH]c34)n(CCOS(C)(=O)=O)c12. The molecular weight excluding hydrogens is 436 g/mol. The zero-order chi connectivity index (χ0) is 24.8. The van der Waals surface area contributed by atoms with E-state index in [-0.39, 0.29) is 6.61 Å². The molecule has 0 amide bonds. The number of methoxy groups -OCH3 is 1. The molecule has 0 aliphatic carbocycles. The zero-order valence-corrected chi connectivity index (χ0v) is 21.8. The number of hydrogen-bond donors (Lipinski definition) is 1. The Bertz CT molecular complexity index is 1320. The average Bonchev–Trinajstić information content (AvgIpc) is 3.39. The van der Waals surface area contributed by atoms with E-state index in [4.69, 9.17) is 8.92 Å². The molecule has 2 aromatic heterocycles. The molecule has 0 aliphatic heterocycles. The number of rotatable bonds is 6. The van der Waals surface area contributed by atoms with E-state index < -0.39 is 10.1 Å². The first-order chi connectivity index (χ1) is 15.8. The lowest BCUT2D eigenvalue weighted by molar-refractivity contribution is 0.306. The summed E-state index contributed by atoms with van der Waals surface area (Å²) < 4.78 is 35.9. The van der Waals surface area contributed by atoms with Crippen LogP contribution in [0.3, 0.4) is 0 Å². The van der Waals surface area contributed by atoms with Crippen LogP contribution in [-0.2, 0) is 20.8 Å². The Morgan fingerprint density at radius 1 is 1.00 bits per heavy atom. The quantitative estimate of drug-likeness (QED) is 0.328. The van der Waals surface area contributed by atoms with Crippen LogP contribution in [0.5, 0.6) is 5.75 Å². The van der Waals surface area contributed by atoms with Crippen LogP contribution >= 0.6 is 0 Å². The van der Waals surface area contributed by atoms with E-state index in [2.05, 4.69) is 34.7 Å². The highest BCUT2D eigenvalue weighted by atomic mass is 32.2. The molecule has 0 radical (unpaired) electrons. The van der Waals surface area contributed by atoms with Gasteiger partial charge in [0.1, 0.15) is 5.75 Å². The molecule has 0 bridgehead atoms. The van der Waals surface area contributed by atoms with Gasteiger partial charge in [0.25, 0.3) is 10.1 Å². The maximum atomic E-state index is 11.5. The summed E-state index contributed by atoms with van der Waals surface area (Å²) >= 11 is 0. The molecule has 180 valence electrons. The number of benzene rings is 2. The van der Waals surface area contributed by atoms with Gasteiger partial charge in [-0.3, -0.25) is 4.18 Å². The Morgan fingerprint density at radius 3 is 2.33 bits per heavy atom. The summed E-state index contributed by atoms with van der Waals surface area (Å²) in [6, 6.07) is 12.4. The first-order valence-electron chi connectivity index (χ1n) is 11.4. The third-order valence-corrected chi connectivity index (χ3v) is 5.88. The topological polar surface area (TPSA) is 73.3 Å². The molecule has 0 spiro atoms. The van der Waals surface area contributed by atoms with Crippen molar-refractivity contribution in [2.24, 2.45) is 0 Å². The summed E-state index contributed by atoms with van der Waals surface area (Å²) in [5.74, 6) is 0.787. The van der Waals surface area contributed by atoms with Crippen molar-refractivity contribution in [1.82, 2.24) is 9.55 Å². The highest BCUT2D eigenvalue weighted by molar-refractivity contribution is 7.85. The molecule has 33 heavy (non-hydrogen) atoms. The van der Waals surface area contributed by atoms with Crippen LogP contribution in [0, 0.1) is 13.8 Å². The number of para-hydroxylation sites is 1. The summed E-state index contributed by atoms with van der Waals surface area (Å²) in [7, 11) is -1.86. The predicted molar refractivity (Wildman–Crippen MR) is 139 cm³/mol. The van der Waals surface area contributed by atoms with Gasteiger partial charge in [-0.05, 0) is 31.0 Å². The average molecular weight is 473 g/mol. The summed E-state index contributed by atoms with van der Waals surface area (Å²) in [5.41, 5.74) is 6.20. The second kappa shape index (κ2) is 11.4. The molecular formula is C26H36N2O4S. The van der Waals surface area contributed by atoms with Crippen molar-refractivity contribution in [1.29, 1.82) is 0 Å². The van der Waals surface area contributed by atoms with Crippen LogP contribution in [0.2, 0.25) is 0 Å². The number of aromatic nitrogens is 2. The van der Waals surface area contributed by atoms with Crippen molar-refractivity contribution in [2.45, 2.75) is 48.1 Å². The minimum atomic E-state index is -3.52. The Morgan fingerprint density at radius 2 is 1.70 bits per heavy atom. The van der Waals surface area contributed by atoms with Crippen molar-refractivity contribution < 1.29 is 17.3 Å². The van der Waals surface area contributed by atoms with E-state index >= 15 is 0 Å². The van der Waals surface area contributed by atoms with Crippen molar-refractivity contribution in [2.75, 3.05) is 20.0 Å². The number of aromatic amines is 1. The summed E-state index contributed by atoms with van der Waals surface area (Å²) in [5, 5.41) is 2.19. The Hall–Kier alpha value is -2.77. The lowest BCUT2D eigenvalue weighted by Crippen LogP contribution is -2.12. The van der Waals surface area contributed by atoms with E-state index in [1.54, 1.807) is 7.11 Å². The molecule has 2 aromatic carbocycles. The number of fused-ring (bicyclic) bond motifs is 2. The summed E-state index contributed by atoms with van der Waals surface area (Å²) in [4.78, 5) is 3.33. The Balaban J connectivity index is 0.000000914. The van der Waals surface area contributed by atoms with Gasteiger partial charge in [-0.1, -0.05) is 58.0 Å². The van der Waals surface area contributed by atoms with Crippen LogP contribution in [0.4, 0.5) is 0 Å². The van der Waals surface area contributed by atoms with Crippen LogP contribution < -0.4 is 4.74 Å². The van der Waals surface area contributed by atoms with E-state index in [1.165, 1.54) is 0 Å². The molecule has 7 heteroatoms. The monoisotopic (exact) mass is 472 g/mol. The number of ether oxygens (including phenoxy) is 1. The number of aryl methyl sites for hydroxylation is 2. The molecule has 0 aliphatic rings. The van der Waals surface area contributed by atoms with E-state index in [0.717, 1.165) is 56.2 Å². The van der Waals surface area contributed by atoms with Crippen molar-refractivity contribution in [3.8, 4) is 17.0 Å². The van der Waals surface area contributed by atoms with Crippen LogP contribution in [0.25, 0.3) is 33.1 Å². The highest BCUT2D eigenvalue weighted by Crippen LogP contribution is 2.41. The smallest absolute Gasteiger partial charge is 0.264 e. The first kappa shape index (κ1) is 26.5. The minimum Gasteiger partial charge on any atom is -0.494 e. The fraction of sp³-hybridized carbons (Fsp3) is 0.385. The van der Waals surface area contributed by atoms with Crippen LogP contribution in [0.1, 0.15) is 38.8 Å². The summed E-state index contributed by atoms with van der Waals surface area (Å²) in [6.45, 7) is 12.5. The lowest BCUT2D eigenvalue weighted by Gasteiger charge is -2.15. The van der Waals surface area contributed by atoms with Gasteiger partial charge in [0.2, 0.25) is 0 Å². The van der Waals surface area contributed by atoms with Gasteiger partial charge >= 0.3 is 0 Å². The van der Waals surface area contributed by atoms with E-state index in [0.29, 0.717) is 6.54 Å². The normalized spacial score (nSPS) is 11.0. The fourth-order valence-corrected chi connectivity index (χ4v) is 4.45. The predicted octanol–water partition coefficient (Wildman–Crippen LogP) is 6.44. The van der Waals surface area contributed by atoms with Gasteiger partial charge in [0, 0.05) is 29.1 Å². The standard InChI is InChI=1S/C22H24N2O4S.2C2H6/c1-14-8-9-17-15(2)20(18-7-5-6-16-10-11-23-19(16)18)24(21(17)22(14)27-3)12-13-28-29(4,25)26;2*1-2/h5-11,23H,12-13H2,1-4H3;2*1-2H3. The molecule has 0 saturated heterocycles. The van der Waals surface area contributed by atoms with Gasteiger partial charge in [-0.15, -0.1) is 0 Å².